The quantitative estimate of drug-likeness (QED) is 0.763. The van der Waals surface area contributed by atoms with Crippen LogP contribution in [0, 0.1) is 5.92 Å². The molecule has 1 heterocycles. The van der Waals surface area contributed by atoms with Crippen LogP contribution < -0.4 is 10.6 Å². The fraction of sp³-hybridized carbons (Fsp3) is 0.643. The van der Waals surface area contributed by atoms with Crippen molar-refractivity contribution in [2.24, 2.45) is 5.92 Å². The molecule has 17 heavy (non-hydrogen) atoms. The Morgan fingerprint density at radius 3 is 2.65 bits per heavy atom. The van der Waals surface area contributed by atoms with Gasteiger partial charge in [-0.1, -0.05) is 27.2 Å². The molecule has 0 saturated heterocycles. The molecular weight excluding hydrogens is 210 g/mol. The summed E-state index contributed by atoms with van der Waals surface area (Å²) in [5.41, 5.74) is 2.49. The molecule has 0 aliphatic carbocycles. The number of pyridine rings is 1. The molecule has 0 aromatic carbocycles. The molecule has 0 aliphatic rings. The number of rotatable bonds is 7. The molecule has 1 aromatic rings. The van der Waals surface area contributed by atoms with Gasteiger partial charge in [0.05, 0.1) is 0 Å². The van der Waals surface area contributed by atoms with Crippen LogP contribution in [0.25, 0.3) is 0 Å². The van der Waals surface area contributed by atoms with Gasteiger partial charge in [0.1, 0.15) is 5.82 Å². The molecule has 3 nitrogen and oxygen atoms in total. The largest absolute Gasteiger partial charge is 0.373 e. The average molecular weight is 235 g/mol. The number of hydrogen-bond donors (Lipinski definition) is 2. The van der Waals surface area contributed by atoms with E-state index >= 15 is 0 Å². The van der Waals surface area contributed by atoms with E-state index in [4.69, 9.17) is 0 Å². The lowest BCUT2D eigenvalue weighted by Crippen LogP contribution is -2.19. The van der Waals surface area contributed by atoms with E-state index in [-0.39, 0.29) is 0 Å². The Morgan fingerprint density at radius 2 is 2.06 bits per heavy atom. The van der Waals surface area contributed by atoms with Crippen LogP contribution in [0.15, 0.2) is 12.1 Å². The van der Waals surface area contributed by atoms with E-state index in [0.717, 1.165) is 31.7 Å². The topological polar surface area (TPSA) is 37.0 Å². The molecule has 0 unspecified atom stereocenters. The summed E-state index contributed by atoms with van der Waals surface area (Å²) in [6, 6.07) is 4.32. The van der Waals surface area contributed by atoms with Crippen molar-refractivity contribution < 1.29 is 0 Å². The third kappa shape index (κ3) is 5.18. The first-order valence-electron chi connectivity index (χ1n) is 6.54. The monoisotopic (exact) mass is 235 g/mol. The third-order valence-corrected chi connectivity index (χ3v) is 2.58. The second-order valence-electron chi connectivity index (χ2n) is 4.88. The Balaban J connectivity index is 2.66. The molecular formula is C14H25N3. The van der Waals surface area contributed by atoms with Crippen molar-refractivity contribution in [1.82, 2.24) is 10.3 Å². The zero-order valence-electron chi connectivity index (χ0n) is 11.5. The smallest absolute Gasteiger partial charge is 0.126 e. The van der Waals surface area contributed by atoms with Crippen LogP contribution in [-0.4, -0.2) is 18.6 Å². The van der Waals surface area contributed by atoms with Crippen molar-refractivity contribution in [2.45, 2.75) is 40.2 Å². The molecule has 0 fully saturated rings. The number of anilines is 1. The Bertz CT molecular complexity index is 334. The number of aromatic nitrogens is 1. The van der Waals surface area contributed by atoms with Crippen molar-refractivity contribution in [3.05, 3.63) is 23.4 Å². The van der Waals surface area contributed by atoms with Crippen LogP contribution in [0.5, 0.6) is 0 Å². The predicted octanol–water partition coefficient (Wildman–Crippen LogP) is 2.82. The standard InChI is InChI=1S/C14H25N3/c1-5-6-13-7-12(8-14(15-4)17-13)10-16-9-11(2)3/h7-8,11,16H,5-6,9-10H2,1-4H3,(H,15,17). The summed E-state index contributed by atoms with van der Waals surface area (Å²) in [6.45, 7) is 8.61. The fourth-order valence-electron chi connectivity index (χ4n) is 1.77. The van der Waals surface area contributed by atoms with Gasteiger partial charge in [0.2, 0.25) is 0 Å². The molecule has 3 heteroatoms. The number of hydrogen-bond acceptors (Lipinski definition) is 3. The van der Waals surface area contributed by atoms with Gasteiger partial charge in [0, 0.05) is 19.3 Å². The number of aryl methyl sites for hydroxylation is 1. The minimum Gasteiger partial charge on any atom is -0.373 e. The summed E-state index contributed by atoms with van der Waals surface area (Å²) >= 11 is 0. The molecule has 0 bridgehead atoms. The lowest BCUT2D eigenvalue weighted by atomic mass is 10.1. The second-order valence-corrected chi connectivity index (χ2v) is 4.88. The minimum absolute atomic E-state index is 0.690. The van der Waals surface area contributed by atoms with Crippen molar-refractivity contribution >= 4 is 5.82 Å². The van der Waals surface area contributed by atoms with Gasteiger partial charge in [0.25, 0.3) is 0 Å². The Morgan fingerprint density at radius 1 is 1.29 bits per heavy atom. The van der Waals surface area contributed by atoms with E-state index in [2.05, 4.69) is 48.5 Å². The van der Waals surface area contributed by atoms with E-state index in [1.165, 1.54) is 11.3 Å². The van der Waals surface area contributed by atoms with Crippen LogP contribution in [-0.2, 0) is 13.0 Å². The van der Waals surface area contributed by atoms with Gasteiger partial charge in [-0.05, 0) is 36.6 Å². The molecule has 0 amide bonds. The molecule has 2 N–H and O–H groups in total. The highest BCUT2D eigenvalue weighted by molar-refractivity contribution is 5.39. The van der Waals surface area contributed by atoms with Gasteiger partial charge in [-0.25, -0.2) is 4.98 Å². The van der Waals surface area contributed by atoms with Crippen LogP contribution in [0.2, 0.25) is 0 Å². The fourth-order valence-corrected chi connectivity index (χ4v) is 1.77. The zero-order chi connectivity index (χ0) is 12.7. The summed E-state index contributed by atoms with van der Waals surface area (Å²) in [5, 5.41) is 6.59. The molecule has 0 aliphatic heterocycles. The van der Waals surface area contributed by atoms with Crippen molar-refractivity contribution in [2.75, 3.05) is 18.9 Å². The minimum atomic E-state index is 0.690. The highest BCUT2D eigenvalue weighted by atomic mass is 15.0. The summed E-state index contributed by atoms with van der Waals surface area (Å²) in [4.78, 5) is 4.55. The van der Waals surface area contributed by atoms with Crippen molar-refractivity contribution in [1.29, 1.82) is 0 Å². The predicted molar refractivity (Wildman–Crippen MR) is 74.3 cm³/mol. The van der Waals surface area contributed by atoms with Gasteiger partial charge in [-0.15, -0.1) is 0 Å². The van der Waals surface area contributed by atoms with Gasteiger partial charge in [-0.2, -0.15) is 0 Å². The normalized spacial score (nSPS) is 10.9. The summed E-state index contributed by atoms with van der Waals surface area (Å²) in [6.07, 6.45) is 2.19. The van der Waals surface area contributed by atoms with Gasteiger partial charge in [-0.3, -0.25) is 0 Å². The van der Waals surface area contributed by atoms with E-state index < -0.39 is 0 Å². The SMILES string of the molecule is CCCc1cc(CNCC(C)C)cc(NC)n1. The molecule has 96 valence electrons. The van der Waals surface area contributed by atoms with E-state index in [0.29, 0.717) is 5.92 Å². The summed E-state index contributed by atoms with van der Waals surface area (Å²) < 4.78 is 0. The lowest BCUT2D eigenvalue weighted by Gasteiger charge is -2.10. The third-order valence-electron chi connectivity index (χ3n) is 2.58. The Labute approximate surface area is 105 Å². The maximum Gasteiger partial charge on any atom is 0.126 e. The number of nitrogens with one attached hydrogen (secondary N) is 2. The van der Waals surface area contributed by atoms with Crippen LogP contribution in [0.1, 0.15) is 38.4 Å². The first-order valence-corrected chi connectivity index (χ1v) is 6.54. The number of nitrogens with zero attached hydrogens (tertiary/aromatic N) is 1. The lowest BCUT2D eigenvalue weighted by molar-refractivity contribution is 0.552. The van der Waals surface area contributed by atoms with E-state index in [1.807, 2.05) is 7.05 Å². The van der Waals surface area contributed by atoms with Crippen molar-refractivity contribution in [3.63, 3.8) is 0 Å². The van der Waals surface area contributed by atoms with Crippen molar-refractivity contribution in [3.8, 4) is 0 Å². The van der Waals surface area contributed by atoms with Gasteiger partial charge < -0.3 is 10.6 Å². The average Bonchev–Trinajstić information content (AvgIpc) is 2.28. The molecule has 1 rings (SSSR count). The maximum atomic E-state index is 4.55. The second kappa shape index (κ2) is 7.28. The molecule has 0 saturated carbocycles. The first kappa shape index (κ1) is 14.0. The van der Waals surface area contributed by atoms with Crippen LogP contribution in [0.3, 0.4) is 0 Å². The van der Waals surface area contributed by atoms with E-state index in [9.17, 15) is 0 Å². The highest BCUT2D eigenvalue weighted by Gasteiger charge is 2.02. The highest BCUT2D eigenvalue weighted by Crippen LogP contribution is 2.11. The summed E-state index contributed by atoms with van der Waals surface area (Å²) in [5.74, 6) is 1.66. The summed E-state index contributed by atoms with van der Waals surface area (Å²) in [7, 11) is 1.92. The first-order chi connectivity index (χ1) is 8.15. The maximum absolute atomic E-state index is 4.55. The van der Waals surface area contributed by atoms with Gasteiger partial charge >= 0.3 is 0 Å². The van der Waals surface area contributed by atoms with Crippen LogP contribution >= 0.6 is 0 Å². The molecule has 0 atom stereocenters. The Kier molecular flexibility index (Phi) is 5.98. The Hall–Kier alpha value is -1.09. The van der Waals surface area contributed by atoms with Crippen LogP contribution in [0.4, 0.5) is 5.82 Å². The van der Waals surface area contributed by atoms with E-state index in [1.54, 1.807) is 0 Å². The molecule has 0 radical (unpaired) electrons. The molecule has 1 aromatic heterocycles. The zero-order valence-corrected chi connectivity index (χ0v) is 11.5. The van der Waals surface area contributed by atoms with Gasteiger partial charge in [0.15, 0.2) is 0 Å². The molecule has 0 spiro atoms.